The van der Waals surface area contributed by atoms with Gasteiger partial charge in [-0.05, 0) is 31.2 Å². The molecular weight excluding hydrogens is 370 g/mol. The molecule has 1 amide bonds. The van der Waals surface area contributed by atoms with Crippen molar-refractivity contribution < 1.29 is 23.4 Å². The van der Waals surface area contributed by atoms with Crippen molar-refractivity contribution in [1.82, 2.24) is 14.8 Å². The molecule has 0 saturated heterocycles. The van der Waals surface area contributed by atoms with Crippen LogP contribution in [-0.2, 0) is 6.73 Å². The van der Waals surface area contributed by atoms with Crippen molar-refractivity contribution in [3.05, 3.63) is 47.2 Å². The van der Waals surface area contributed by atoms with Gasteiger partial charge in [-0.1, -0.05) is 17.7 Å². The Morgan fingerprint density at radius 3 is 2.92 bits per heavy atom. The van der Waals surface area contributed by atoms with E-state index >= 15 is 0 Å². The molecule has 1 atom stereocenters. The summed E-state index contributed by atoms with van der Waals surface area (Å²) in [6, 6.07) is 8.06. The first-order valence-corrected chi connectivity index (χ1v) is 7.98. The van der Waals surface area contributed by atoms with Crippen LogP contribution in [0.15, 0.2) is 41.6 Å². The predicted octanol–water partition coefficient (Wildman–Crippen LogP) is 2.75. The van der Waals surface area contributed by atoms with Gasteiger partial charge in [0.25, 0.3) is 12.3 Å². The molecule has 0 bridgehead atoms. The summed E-state index contributed by atoms with van der Waals surface area (Å²) in [6.07, 6.45) is -2.14. The van der Waals surface area contributed by atoms with Crippen molar-refractivity contribution in [1.29, 1.82) is 0 Å². The Kier molecular flexibility index (Phi) is 4.92. The van der Waals surface area contributed by atoms with Gasteiger partial charge in [0.1, 0.15) is 5.75 Å². The number of aromatic nitrogens is 2. The maximum atomic E-state index is 13.2. The van der Waals surface area contributed by atoms with E-state index in [9.17, 15) is 18.7 Å². The maximum Gasteiger partial charge on any atom is 0.297 e. The first-order chi connectivity index (χ1) is 12.3. The average Bonchev–Trinajstić information content (AvgIpc) is 3.17. The van der Waals surface area contributed by atoms with Crippen molar-refractivity contribution in [3.8, 4) is 5.75 Å². The Hall–Kier alpha value is -2.52. The van der Waals surface area contributed by atoms with Gasteiger partial charge in [-0.25, -0.2) is 13.5 Å². The van der Waals surface area contributed by atoms with E-state index in [1.54, 1.807) is 24.3 Å². The molecule has 0 spiro atoms. The fourth-order valence-corrected chi connectivity index (χ4v) is 2.67. The zero-order valence-corrected chi connectivity index (χ0v) is 14.4. The third-order valence-electron chi connectivity index (χ3n) is 3.71. The SMILES string of the molecule is CC1=NN(C(=O)c2ccn(COc3cccc(Cl)c3)n2)C(O)(C(F)F)C1. The van der Waals surface area contributed by atoms with Crippen LogP contribution in [0.2, 0.25) is 5.02 Å². The van der Waals surface area contributed by atoms with Gasteiger partial charge < -0.3 is 9.84 Å². The van der Waals surface area contributed by atoms with Gasteiger partial charge in [0, 0.05) is 23.4 Å². The van der Waals surface area contributed by atoms with Crippen LogP contribution < -0.4 is 4.74 Å². The Balaban J connectivity index is 1.72. The lowest BCUT2D eigenvalue weighted by atomic mass is 10.1. The Labute approximate surface area is 152 Å². The van der Waals surface area contributed by atoms with E-state index in [0.29, 0.717) is 15.8 Å². The first-order valence-electron chi connectivity index (χ1n) is 7.60. The maximum absolute atomic E-state index is 13.2. The summed E-state index contributed by atoms with van der Waals surface area (Å²) in [7, 11) is 0. The lowest BCUT2D eigenvalue weighted by molar-refractivity contribution is -0.164. The number of amides is 1. The van der Waals surface area contributed by atoms with E-state index in [4.69, 9.17) is 16.3 Å². The molecule has 138 valence electrons. The summed E-state index contributed by atoms with van der Waals surface area (Å²) >= 11 is 5.86. The van der Waals surface area contributed by atoms with Crippen molar-refractivity contribution in [2.24, 2.45) is 5.10 Å². The number of carbonyl (C=O) groups excluding carboxylic acids is 1. The van der Waals surface area contributed by atoms with Crippen LogP contribution in [0, 0.1) is 0 Å². The Morgan fingerprint density at radius 2 is 2.23 bits per heavy atom. The summed E-state index contributed by atoms with van der Waals surface area (Å²) in [4.78, 5) is 12.4. The highest BCUT2D eigenvalue weighted by molar-refractivity contribution is 6.30. The molecule has 0 aliphatic carbocycles. The van der Waals surface area contributed by atoms with Crippen LogP contribution in [0.4, 0.5) is 8.78 Å². The quantitative estimate of drug-likeness (QED) is 0.859. The molecule has 3 rings (SSSR count). The molecule has 1 aliphatic heterocycles. The summed E-state index contributed by atoms with van der Waals surface area (Å²) in [5.74, 6) is -0.418. The van der Waals surface area contributed by atoms with Gasteiger partial charge in [-0.15, -0.1) is 0 Å². The average molecular weight is 385 g/mol. The van der Waals surface area contributed by atoms with E-state index in [1.165, 1.54) is 23.9 Å². The minimum Gasteiger partial charge on any atom is -0.471 e. The van der Waals surface area contributed by atoms with Crippen LogP contribution in [0.25, 0.3) is 0 Å². The highest BCUT2D eigenvalue weighted by Crippen LogP contribution is 2.32. The number of hydrazone groups is 1. The number of aliphatic hydroxyl groups is 1. The van der Waals surface area contributed by atoms with Crippen LogP contribution in [0.3, 0.4) is 0 Å². The second-order valence-electron chi connectivity index (χ2n) is 5.78. The van der Waals surface area contributed by atoms with Gasteiger partial charge in [-0.3, -0.25) is 4.79 Å². The number of hydrogen-bond acceptors (Lipinski definition) is 5. The van der Waals surface area contributed by atoms with Crippen LogP contribution in [-0.4, -0.2) is 43.7 Å². The van der Waals surface area contributed by atoms with E-state index in [-0.39, 0.29) is 18.1 Å². The van der Waals surface area contributed by atoms with Crippen molar-refractivity contribution in [2.45, 2.75) is 32.2 Å². The third-order valence-corrected chi connectivity index (χ3v) is 3.95. The molecule has 0 saturated carbocycles. The second-order valence-corrected chi connectivity index (χ2v) is 6.22. The van der Waals surface area contributed by atoms with Gasteiger partial charge in [0.2, 0.25) is 5.72 Å². The second kappa shape index (κ2) is 7.00. The summed E-state index contributed by atoms with van der Waals surface area (Å²) in [5, 5.41) is 18.7. The standard InChI is InChI=1S/C16H15ClF2N4O3/c1-10-8-16(25,15(18)19)23(20-10)14(24)13-5-6-22(21-13)9-26-12-4-2-3-11(17)7-12/h2-7,15,25H,8-9H2,1H3. The minimum atomic E-state index is -3.17. The molecule has 26 heavy (non-hydrogen) atoms. The zero-order chi connectivity index (χ0) is 18.9. The van der Waals surface area contributed by atoms with E-state index in [0.717, 1.165) is 0 Å². The van der Waals surface area contributed by atoms with Crippen molar-refractivity contribution in [2.75, 3.05) is 0 Å². The van der Waals surface area contributed by atoms with E-state index in [1.807, 2.05) is 0 Å². The molecule has 1 unspecified atom stereocenters. The normalized spacial score (nSPS) is 19.8. The molecule has 1 aliphatic rings. The van der Waals surface area contributed by atoms with Gasteiger partial charge in [0.05, 0.1) is 0 Å². The zero-order valence-electron chi connectivity index (χ0n) is 13.6. The van der Waals surface area contributed by atoms with Crippen LogP contribution >= 0.6 is 11.6 Å². The Morgan fingerprint density at radius 1 is 1.46 bits per heavy atom. The molecule has 1 aromatic heterocycles. The van der Waals surface area contributed by atoms with Gasteiger partial charge in [0.15, 0.2) is 12.4 Å². The van der Waals surface area contributed by atoms with Crippen LogP contribution in [0.1, 0.15) is 23.8 Å². The highest BCUT2D eigenvalue weighted by Gasteiger charge is 2.51. The van der Waals surface area contributed by atoms with Gasteiger partial charge >= 0.3 is 0 Å². The smallest absolute Gasteiger partial charge is 0.297 e. The number of halogens is 3. The first kappa shape index (κ1) is 18.3. The molecule has 0 radical (unpaired) electrons. The minimum absolute atomic E-state index is 0.0188. The fourth-order valence-electron chi connectivity index (χ4n) is 2.49. The van der Waals surface area contributed by atoms with Crippen LogP contribution in [0.5, 0.6) is 5.75 Å². The lowest BCUT2D eigenvalue weighted by Crippen LogP contribution is -2.51. The van der Waals surface area contributed by atoms with Crippen molar-refractivity contribution >= 4 is 23.2 Å². The summed E-state index contributed by atoms with van der Waals surface area (Å²) in [6.45, 7) is 1.44. The number of rotatable bonds is 5. The summed E-state index contributed by atoms with van der Waals surface area (Å²) in [5.41, 5.74) is -2.58. The largest absolute Gasteiger partial charge is 0.471 e. The predicted molar refractivity (Wildman–Crippen MR) is 89.2 cm³/mol. The number of hydrogen-bond donors (Lipinski definition) is 1. The summed E-state index contributed by atoms with van der Waals surface area (Å²) < 4.78 is 33.2. The van der Waals surface area contributed by atoms with Crippen molar-refractivity contribution in [3.63, 3.8) is 0 Å². The number of benzene rings is 1. The third kappa shape index (κ3) is 3.54. The van der Waals surface area contributed by atoms with Gasteiger partial charge in [-0.2, -0.15) is 15.2 Å². The molecule has 2 aromatic rings. The van der Waals surface area contributed by atoms with E-state index in [2.05, 4.69) is 10.2 Å². The lowest BCUT2D eigenvalue weighted by Gasteiger charge is -2.29. The molecule has 10 heteroatoms. The number of alkyl halides is 2. The number of nitrogens with zero attached hydrogens (tertiary/aromatic N) is 4. The highest BCUT2D eigenvalue weighted by atomic mass is 35.5. The number of carbonyl (C=O) groups is 1. The Bertz CT molecular complexity index is 858. The number of ether oxygens (including phenoxy) is 1. The topological polar surface area (TPSA) is 80.0 Å². The molecule has 1 aromatic carbocycles. The van der Waals surface area contributed by atoms with E-state index < -0.39 is 24.5 Å². The fraction of sp³-hybridized carbons (Fsp3) is 0.312. The monoisotopic (exact) mass is 384 g/mol. The molecule has 7 nitrogen and oxygen atoms in total. The molecular formula is C16H15ClF2N4O3. The molecule has 1 N–H and O–H groups in total. The molecule has 0 fully saturated rings. The molecule has 2 heterocycles.